The van der Waals surface area contributed by atoms with E-state index in [1.807, 2.05) is 24.3 Å². The van der Waals surface area contributed by atoms with Crippen LogP contribution in [0, 0.1) is 11.6 Å². The van der Waals surface area contributed by atoms with E-state index in [2.05, 4.69) is 10.2 Å². The molecule has 0 bridgehead atoms. The van der Waals surface area contributed by atoms with Crippen molar-refractivity contribution in [3.63, 3.8) is 0 Å². The average molecular weight is 368 g/mol. The summed E-state index contributed by atoms with van der Waals surface area (Å²) in [7, 11) is 0. The first-order valence-corrected chi connectivity index (χ1v) is 9.26. The van der Waals surface area contributed by atoms with Crippen LogP contribution in [0.1, 0.15) is 18.6 Å². The number of halogens is 2. The van der Waals surface area contributed by atoms with Gasteiger partial charge >= 0.3 is 0 Å². The monoisotopic (exact) mass is 368 g/mol. The molecule has 0 amide bonds. The van der Waals surface area contributed by atoms with Gasteiger partial charge in [-0.25, -0.2) is 8.78 Å². The van der Waals surface area contributed by atoms with E-state index in [4.69, 9.17) is 4.42 Å². The van der Waals surface area contributed by atoms with Gasteiger partial charge in [0.2, 0.25) is 0 Å². The summed E-state index contributed by atoms with van der Waals surface area (Å²) in [5, 5.41) is 3.55. The highest BCUT2D eigenvalue weighted by atomic mass is 19.1. The number of nitrogens with zero attached hydrogens (tertiary/aromatic N) is 1. The number of rotatable bonds is 5. The molecule has 0 saturated carbocycles. The minimum absolute atomic E-state index is 0.200. The average Bonchev–Trinajstić information content (AvgIpc) is 3.17. The van der Waals surface area contributed by atoms with Crippen molar-refractivity contribution in [2.24, 2.45) is 0 Å². The van der Waals surface area contributed by atoms with Crippen LogP contribution in [0.2, 0.25) is 0 Å². The molecule has 1 aliphatic rings. The van der Waals surface area contributed by atoms with E-state index >= 15 is 0 Å². The zero-order valence-electron chi connectivity index (χ0n) is 15.0. The zero-order valence-corrected chi connectivity index (χ0v) is 15.0. The van der Waals surface area contributed by atoms with E-state index in [9.17, 15) is 8.78 Å². The van der Waals surface area contributed by atoms with Gasteiger partial charge in [0.1, 0.15) is 23.2 Å². The first-order valence-electron chi connectivity index (χ1n) is 9.26. The van der Waals surface area contributed by atoms with Gasteiger partial charge in [0.15, 0.2) is 0 Å². The molecule has 0 spiro atoms. The van der Waals surface area contributed by atoms with Gasteiger partial charge < -0.3 is 14.6 Å². The molecule has 3 nitrogen and oxygen atoms in total. The van der Waals surface area contributed by atoms with Gasteiger partial charge in [0.25, 0.3) is 0 Å². The normalized spacial score (nSPS) is 15.3. The second-order valence-electron chi connectivity index (χ2n) is 6.89. The number of hydrogen-bond donors (Lipinski definition) is 1. The Morgan fingerprint density at radius 3 is 2.15 bits per heavy atom. The lowest BCUT2D eigenvalue weighted by Crippen LogP contribution is -2.42. The number of anilines is 1. The Morgan fingerprint density at radius 2 is 1.48 bits per heavy atom. The predicted molar refractivity (Wildman–Crippen MR) is 103 cm³/mol. The van der Waals surface area contributed by atoms with Crippen LogP contribution in [-0.4, -0.2) is 19.1 Å². The molecule has 1 aromatic heterocycles. The molecule has 0 aliphatic carbocycles. The molecule has 1 fully saturated rings. The highest BCUT2D eigenvalue weighted by Crippen LogP contribution is 2.23. The number of furan rings is 1. The topological polar surface area (TPSA) is 28.4 Å². The van der Waals surface area contributed by atoms with Crippen molar-refractivity contribution in [2.75, 3.05) is 18.0 Å². The largest absolute Gasteiger partial charge is 0.460 e. The highest BCUT2D eigenvalue weighted by Gasteiger charge is 2.19. The minimum atomic E-state index is -0.251. The molecule has 5 heteroatoms. The molecule has 0 radical (unpaired) electrons. The summed E-state index contributed by atoms with van der Waals surface area (Å²) in [6, 6.07) is 17.3. The van der Waals surface area contributed by atoms with Crippen molar-refractivity contribution in [3.8, 4) is 11.3 Å². The second-order valence-corrected chi connectivity index (χ2v) is 6.89. The van der Waals surface area contributed by atoms with Gasteiger partial charge in [-0.1, -0.05) is 0 Å². The lowest BCUT2D eigenvalue weighted by Gasteiger charge is -2.34. The third-order valence-corrected chi connectivity index (χ3v) is 5.04. The highest BCUT2D eigenvalue weighted by molar-refractivity contribution is 5.57. The molecule has 27 heavy (non-hydrogen) atoms. The molecule has 2 aromatic carbocycles. The number of piperidine rings is 1. The Kier molecular flexibility index (Phi) is 5.21. The maximum Gasteiger partial charge on any atom is 0.134 e. The van der Waals surface area contributed by atoms with Gasteiger partial charge in [-0.05, 0) is 73.5 Å². The summed E-state index contributed by atoms with van der Waals surface area (Å²) in [5.41, 5.74) is 1.94. The number of benzene rings is 2. The lowest BCUT2D eigenvalue weighted by molar-refractivity contribution is 0.391. The Bertz CT molecular complexity index is 866. The first-order chi connectivity index (χ1) is 13.2. The molecule has 2 heterocycles. The van der Waals surface area contributed by atoms with Crippen LogP contribution >= 0.6 is 0 Å². The Balaban J connectivity index is 1.28. The fraction of sp³-hybridized carbons (Fsp3) is 0.273. The Morgan fingerprint density at radius 1 is 0.852 bits per heavy atom. The van der Waals surface area contributed by atoms with Gasteiger partial charge in [-0.15, -0.1) is 0 Å². The molecule has 3 aromatic rings. The van der Waals surface area contributed by atoms with E-state index in [-0.39, 0.29) is 11.6 Å². The summed E-state index contributed by atoms with van der Waals surface area (Å²) in [6.07, 6.45) is 2.06. The van der Waals surface area contributed by atoms with Crippen LogP contribution in [0.25, 0.3) is 11.3 Å². The van der Waals surface area contributed by atoms with Crippen LogP contribution in [0.4, 0.5) is 14.5 Å². The third kappa shape index (κ3) is 4.37. The first kappa shape index (κ1) is 17.7. The third-order valence-electron chi connectivity index (χ3n) is 5.04. The molecule has 1 saturated heterocycles. The maximum atomic E-state index is 13.1. The summed E-state index contributed by atoms with van der Waals surface area (Å²) in [4.78, 5) is 2.29. The van der Waals surface area contributed by atoms with Gasteiger partial charge in [0.05, 0.1) is 6.54 Å². The van der Waals surface area contributed by atoms with Crippen molar-refractivity contribution in [2.45, 2.75) is 25.4 Å². The Hall–Kier alpha value is -2.66. The van der Waals surface area contributed by atoms with E-state index in [0.29, 0.717) is 12.6 Å². The van der Waals surface area contributed by atoms with E-state index in [0.717, 1.165) is 48.7 Å². The van der Waals surface area contributed by atoms with Crippen LogP contribution in [0.5, 0.6) is 0 Å². The van der Waals surface area contributed by atoms with E-state index in [1.165, 1.54) is 24.3 Å². The minimum Gasteiger partial charge on any atom is -0.460 e. The summed E-state index contributed by atoms with van der Waals surface area (Å²) in [6.45, 7) is 2.56. The zero-order chi connectivity index (χ0) is 18.6. The maximum absolute atomic E-state index is 13.1. The molecule has 0 unspecified atom stereocenters. The SMILES string of the molecule is Fc1ccc(-c2ccc(CNC3CCN(c4ccc(F)cc4)CC3)o2)cc1. The molecular formula is C22H22F2N2O. The van der Waals surface area contributed by atoms with Gasteiger partial charge in [-0.2, -0.15) is 0 Å². The lowest BCUT2D eigenvalue weighted by atomic mass is 10.0. The van der Waals surface area contributed by atoms with Crippen LogP contribution in [0.15, 0.2) is 65.1 Å². The molecule has 4 rings (SSSR count). The van der Waals surface area contributed by atoms with Crippen LogP contribution in [0.3, 0.4) is 0 Å². The smallest absolute Gasteiger partial charge is 0.134 e. The van der Waals surface area contributed by atoms with Crippen molar-refractivity contribution in [1.29, 1.82) is 0 Å². The van der Waals surface area contributed by atoms with Crippen molar-refractivity contribution >= 4 is 5.69 Å². The van der Waals surface area contributed by atoms with E-state index < -0.39 is 0 Å². The molecule has 1 N–H and O–H groups in total. The Labute approximate surface area is 157 Å². The fourth-order valence-electron chi connectivity index (χ4n) is 3.48. The van der Waals surface area contributed by atoms with E-state index in [1.54, 1.807) is 12.1 Å². The van der Waals surface area contributed by atoms with Crippen molar-refractivity contribution in [1.82, 2.24) is 5.32 Å². The number of nitrogens with one attached hydrogen (secondary N) is 1. The summed E-state index contributed by atoms with van der Waals surface area (Å²) < 4.78 is 31.9. The van der Waals surface area contributed by atoms with Crippen molar-refractivity contribution in [3.05, 3.63) is 78.1 Å². The molecule has 1 aliphatic heterocycles. The fourth-order valence-corrected chi connectivity index (χ4v) is 3.48. The summed E-state index contributed by atoms with van der Waals surface area (Å²) >= 11 is 0. The van der Waals surface area contributed by atoms with Crippen LogP contribution in [-0.2, 0) is 6.54 Å². The second kappa shape index (κ2) is 7.92. The van der Waals surface area contributed by atoms with Crippen LogP contribution < -0.4 is 10.2 Å². The predicted octanol–water partition coefficient (Wildman–Crippen LogP) is 4.98. The molecule has 0 atom stereocenters. The van der Waals surface area contributed by atoms with Gasteiger partial charge in [0, 0.05) is 30.4 Å². The number of hydrogen-bond acceptors (Lipinski definition) is 3. The summed E-state index contributed by atoms with van der Waals surface area (Å²) in [5.74, 6) is 1.17. The molecular weight excluding hydrogens is 346 g/mol. The van der Waals surface area contributed by atoms with Crippen molar-refractivity contribution < 1.29 is 13.2 Å². The van der Waals surface area contributed by atoms with Gasteiger partial charge in [-0.3, -0.25) is 0 Å². The molecule has 140 valence electrons. The standard InChI is InChI=1S/C22H22F2N2O/c23-17-3-1-16(2-4-17)22-10-9-21(27-22)15-25-19-11-13-26(14-12-19)20-7-5-18(24)6-8-20/h1-10,19,25H,11-15H2. The quantitative estimate of drug-likeness (QED) is 0.688.